The summed E-state index contributed by atoms with van der Waals surface area (Å²) in [6.45, 7) is 0. The topological polar surface area (TPSA) is 78.0 Å². The smallest absolute Gasteiger partial charge is 0.378 e. The average molecular weight is 335 g/mol. The first-order valence-corrected chi connectivity index (χ1v) is 6.94. The number of amides is 1. The van der Waals surface area contributed by atoms with Crippen LogP contribution in [-0.4, -0.2) is 21.2 Å². The first-order chi connectivity index (χ1) is 11.3. The third kappa shape index (κ3) is 3.23. The highest BCUT2D eigenvalue weighted by Gasteiger charge is 2.30. The number of fused-ring (bicyclic) bond motifs is 1. The molecule has 0 saturated heterocycles. The van der Waals surface area contributed by atoms with E-state index in [0.29, 0.717) is 11.2 Å². The highest BCUT2D eigenvalue weighted by molar-refractivity contribution is 5.96. The Hall–Kier alpha value is -2.87. The van der Waals surface area contributed by atoms with Crippen LogP contribution in [0.1, 0.15) is 17.2 Å². The van der Waals surface area contributed by atoms with E-state index in [9.17, 15) is 23.1 Å². The van der Waals surface area contributed by atoms with Gasteiger partial charge in [0.05, 0.1) is 17.3 Å². The van der Waals surface area contributed by atoms with Gasteiger partial charge < -0.3 is 10.4 Å². The van der Waals surface area contributed by atoms with Crippen molar-refractivity contribution in [2.24, 2.45) is 0 Å². The van der Waals surface area contributed by atoms with Gasteiger partial charge in [0.25, 0.3) is 5.91 Å². The fourth-order valence-electron chi connectivity index (χ4n) is 2.23. The summed E-state index contributed by atoms with van der Waals surface area (Å²) in [6.07, 6.45) is -4.42. The molecule has 124 valence electrons. The van der Waals surface area contributed by atoms with Crippen LogP contribution in [0.3, 0.4) is 0 Å². The molecule has 0 saturated carbocycles. The zero-order valence-electron chi connectivity index (χ0n) is 12.1. The molecule has 2 aromatic carbocycles. The molecular weight excluding hydrogens is 323 g/mol. The van der Waals surface area contributed by atoms with Gasteiger partial charge in [-0.3, -0.25) is 9.89 Å². The largest absolute Gasteiger partial charge is 0.416 e. The van der Waals surface area contributed by atoms with E-state index in [1.807, 2.05) is 0 Å². The lowest BCUT2D eigenvalue weighted by Crippen LogP contribution is -2.21. The summed E-state index contributed by atoms with van der Waals surface area (Å²) in [5.41, 5.74) is 0.367. The summed E-state index contributed by atoms with van der Waals surface area (Å²) in [5.74, 6) is -0.742. The lowest BCUT2D eigenvalue weighted by Gasteiger charge is -2.13. The fourth-order valence-corrected chi connectivity index (χ4v) is 2.23. The van der Waals surface area contributed by atoms with E-state index in [2.05, 4.69) is 15.5 Å². The van der Waals surface area contributed by atoms with Gasteiger partial charge in [0.15, 0.2) is 6.10 Å². The Balaban J connectivity index is 1.74. The van der Waals surface area contributed by atoms with Crippen LogP contribution in [0.15, 0.2) is 48.7 Å². The number of rotatable bonds is 3. The van der Waals surface area contributed by atoms with E-state index in [4.69, 9.17) is 0 Å². The van der Waals surface area contributed by atoms with E-state index >= 15 is 0 Å². The quantitative estimate of drug-likeness (QED) is 0.687. The predicted molar refractivity (Wildman–Crippen MR) is 81.1 cm³/mol. The molecule has 0 bridgehead atoms. The number of benzene rings is 2. The number of halogens is 3. The summed E-state index contributed by atoms with van der Waals surface area (Å²) in [6, 6.07) is 8.80. The molecule has 8 heteroatoms. The second-order valence-electron chi connectivity index (χ2n) is 5.18. The van der Waals surface area contributed by atoms with Crippen LogP contribution in [0, 0.1) is 0 Å². The Labute approximate surface area is 134 Å². The van der Waals surface area contributed by atoms with Crippen LogP contribution in [0.5, 0.6) is 0 Å². The second kappa shape index (κ2) is 5.97. The lowest BCUT2D eigenvalue weighted by molar-refractivity contribution is -0.137. The molecule has 3 aromatic rings. The van der Waals surface area contributed by atoms with Crippen molar-refractivity contribution in [2.45, 2.75) is 12.3 Å². The lowest BCUT2D eigenvalue weighted by atomic mass is 10.1. The van der Waals surface area contributed by atoms with Crippen molar-refractivity contribution in [2.75, 3.05) is 5.32 Å². The third-order valence-electron chi connectivity index (χ3n) is 3.51. The maximum Gasteiger partial charge on any atom is 0.416 e. The van der Waals surface area contributed by atoms with Gasteiger partial charge in [0.1, 0.15) is 0 Å². The number of anilines is 1. The molecule has 1 aromatic heterocycles. The highest BCUT2D eigenvalue weighted by Crippen LogP contribution is 2.30. The summed E-state index contributed by atoms with van der Waals surface area (Å²) >= 11 is 0. The molecule has 0 aliphatic rings. The highest BCUT2D eigenvalue weighted by atomic mass is 19.4. The van der Waals surface area contributed by atoms with Crippen LogP contribution < -0.4 is 5.32 Å². The second-order valence-corrected chi connectivity index (χ2v) is 5.18. The van der Waals surface area contributed by atoms with E-state index in [1.165, 1.54) is 0 Å². The fraction of sp³-hybridized carbons (Fsp3) is 0.125. The Morgan fingerprint density at radius 3 is 2.54 bits per heavy atom. The number of H-pyrrole nitrogens is 1. The van der Waals surface area contributed by atoms with Crippen molar-refractivity contribution in [1.82, 2.24) is 10.2 Å². The number of aromatic amines is 1. The van der Waals surface area contributed by atoms with E-state index in [-0.39, 0.29) is 5.56 Å². The first kappa shape index (κ1) is 16.0. The van der Waals surface area contributed by atoms with Gasteiger partial charge in [-0.2, -0.15) is 18.3 Å². The number of hydrogen-bond donors (Lipinski definition) is 3. The number of hydrogen-bond acceptors (Lipinski definition) is 3. The molecule has 1 unspecified atom stereocenters. The minimum atomic E-state index is -4.47. The van der Waals surface area contributed by atoms with Gasteiger partial charge in [-0.25, -0.2) is 0 Å². The van der Waals surface area contributed by atoms with Crippen molar-refractivity contribution in [3.63, 3.8) is 0 Å². The standard InChI is InChI=1S/C16H12F3N3O2/c17-16(18,19)11-4-1-9(2-5-11)14(23)15(24)21-12-6-3-10-8-20-22-13(10)7-12/h1-8,14,23H,(H,20,22)(H,21,24). The van der Waals surface area contributed by atoms with Gasteiger partial charge in [-0.1, -0.05) is 12.1 Å². The Bertz CT molecular complexity index is 872. The minimum Gasteiger partial charge on any atom is -0.378 e. The summed E-state index contributed by atoms with van der Waals surface area (Å²) < 4.78 is 37.6. The number of carbonyl (C=O) groups is 1. The zero-order chi connectivity index (χ0) is 17.3. The molecule has 0 spiro atoms. The Kier molecular flexibility index (Phi) is 3.98. The van der Waals surface area contributed by atoms with Crippen LogP contribution in [-0.2, 0) is 11.0 Å². The van der Waals surface area contributed by atoms with Gasteiger partial charge in [-0.15, -0.1) is 0 Å². The number of aromatic nitrogens is 2. The Morgan fingerprint density at radius 2 is 1.88 bits per heavy atom. The van der Waals surface area contributed by atoms with Gasteiger partial charge in [-0.05, 0) is 35.9 Å². The summed E-state index contributed by atoms with van der Waals surface area (Å²) in [4.78, 5) is 12.1. The summed E-state index contributed by atoms with van der Waals surface area (Å²) in [7, 11) is 0. The van der Waals surface area contributed by atoms with Crippen molar-refractivity contribution in [1.29, 1.82) is 0 Å². The van der Waals surface area contributed by atoms with Crippen molar-refractivity contribution < 1.29 is 23.1 Å². The maximum atomic E-state index is 12.5. The van der Waals surface area contributed by atoms with Gasteiger partial charge in [0.2, 0.25) is 0 Å². The molecule has 1 atom stereocenters. The van der Waals surface area contributed by atoms with Crippen molar-refractivity contribution in [3.8, 4) is 0 Å². The monoisotopic (exact) mass is 335 g/mol. The van der Waals surface area contributed by atoms with Crippen molar-refractivity contribution in [3.05, 3.63) is 59.8 Å². The predicted octanol–water partition coefficient (Wildman–Crippen LogP) is 3.25. The van der Waals surface area contributed by atoms with Crippen LogP contribution in [0.4, 0.5) is 18.9 Å². The summed E-state index contributed by atoms with van der Waals surface area (Å²) in [5, 5.41) is 20.0. The molecule has 1 amide bonds. The van der Waals surface area contributed by atoms with Crippen LogP contribution >= 0.6 is 0 Å². The molecule has 0 aliphatic carbocycles. The normalized spacial score (nSPS) is 13.0. The van der Waals surface area contributed by atoms with Crippen LogP contribution in [0.25, 0.3) is 10.9 Å². The number of carbonyl (C=O) groups excluding carboxylic acids is 1. The maximum absolute atomic E-state index is 12.5. The van der Waals surface area contributed by atoms with E-state index < -0.39 is 23.8 Å². The molecule has 24 heavy (non-hydrogen) atoms. The third-order valence-corrected chi connectivity index (χ3v) is 3.51. The first-order valence-electron chi connectivity index (χ1n) is 6.94. The zero-order valence-corrected chi connectivity index (χ0v) is 12.1. The Morgan fingerprint density at radius 1 is 1.17 bits per heavy atom. The molecule has 3 rings (SSSR count). The van der Waals surface area contributed by atoms with Gasteiger partial charge in [0, 0.05) is 11.1 Å². The van der Waals surface area contributed by atoms with E-state index in [0.717, 1.165) is 29.7 Å². The number of nitrogens with zero attached hydrogens (tertiary/aromatic N) is 1. The molecule has 1 heterocycles. The van der Waals surface area contributed by atoms with Crippen LogP contribution in [0.2, 0.25) is 0 Å². The number of aliphatic hydroxyl groups is 1. The molecule has 5 nitrogen and oxygen atoms in total. The number of aliphatic hydroxyl groups excluding tert-OH is 1. The number of alkyl halides is 3. The average Bonchev–Trinajstić information content (AvgIpc) is 3.01. The van der Waals surface area contributed by atoms with E-state index in [1.54, 1.807) is 24.4 Å². The SMILES string of the molecule is O=C(Nc1ccc2cn[nH]c2c1)C(O)c1ccc(C(F)(F)F)cc1. The molecule has 0 radical (unpaired) electrons. The van der Waals surface area contributed by atoms with Crippen molar-refractivity contribution >= 4 is 22.5 Å². The molecule has 3 N–H and O–H groups in total. The van der Waals surface area contributed by atoms with Gasteiger partial charge >= 0.3 is 6.18 Å². The molecule has 0 aliphatic heterocycles. The molecular formula is C16H12F3N3O2. The molecule has 0 fully saturated rings. The number of nitrogens with one attached hydrogen (secondary N) is 2. The minimum absolute atomic E-state index is 0.0723.